The molecule has 4 N–H and O–H groups in total. The minimum atomic E-state index is -0.632. The minimum absolute atomic E-state index is 0.0653. The molecular formula is C114H212N4O12+4. The van der Waals surface area contributed by atoms with Crippen molar-refractivity contribution in [1.82, 2.24) is 0 Å². The van der Waals surface area contributed by atoms with Crippen molar-refractivity contribution in [2.75, 3.05) is 135 Å². The number of carbonyl (C=O) groups is 4. The van der Waals surface area contributed by atoms with Crippen LogP contribution in [0.1, 0.15) is 381 Å². The summed E-state index contributed by atoms with van der Waals surface area (Å²) in [5.74, 6) is 3.92. The zero-order valence-corrected chi connectivity index (χ0v) is 91.4. The number of carbonyl (C=O) groups excluding carboxylic acids is 4. The van der Waals surface area contributed by atoms with E-state index in [-0.39, 0.29) is 50.3 Å². The first-order chi connectivity index (χ1) is 60.5. The first-order valence-electron chi connectivity index (χ1n) is 51.4. The number of aliphatic hydroxyl groups is 4. The van der Waals surface area contributed by atoms with E-state index in [0.717, 1.165) is 151 Å². The lowest BCUT2D eigenvalue weighted by Crippen LogP contribution is -2.47. The van der Waals surface area contributed by atoms with E-state index in [1.807, 2.05) is 128 Å². The number of likely N-dealkylation sites (N-methyl/N-ethyl adjacent to an activating group) is 4. The molecule has 0 aliphatic heterocycles. The highest BCUT2D eigenvalue weighted by atomic mass is 16.6. The van der Waals surface area contributed by atoms with Gasteiger partial charge in [-0.15, -0.1) is 0 Å². The van der Waals surface area contributed by atoms with Gasteiger partial charge in [-0.25, -0.2) is 0 Å². The number of hydrogen-bond donors (Lipinski definition) is 4. The molecule has 0 aliphatic rings. The molecule has 0 fully saturated rings. The molecule has 0 saturated carbocycles. The molecule has 0 amide bonds. The maximum absolute atomic E-state index is 12.7. The Morgan fingerprint density at radius 2 is 0.438 bits per heavy atom. The molecule has 0 heterocycles. The van der Waals surface area contributed by atoms with Crippen LogP contribution in [-0.2, 0) is 38.1 Å². The van der Waals surface area contributed by atoms with E-state index in [9.17, 15) is 39.6 Å². The molecular weight excluding hydrogens is 1620 g/mol. The third-order valence-electron chi connectivity index (χ3n) is 24.9. The largest absolute Gasteiger partial charge is 0.462 e. The van der Waals surface area contributed by atoms with Crippen LogP contribution in [0.5, 0.6) is 0 Å². The molecule has 0 saturated heterocycles. The van der Waals surface area contributed by atoms with E-state index < -0.39 is 46.1 Å². The Bertz CT molecular complexity index is 3320. The van der Waals surface area contributed by atoms with Crippen LogP contribution in [0.15, 0.2) is 121 Å². The van der Waals surface area contributed by atoms with E-state index >= 15 is 0 Å². The number of esters is 4. The predicted molar refractivity (Wildman–Crippen MR) is 556 cm³/mol. The van der Waals surface area contributed by atoms with Crippen molar-refractivity contribution >= 4 is 23.9 Å². The SMILES string of the molecule is CCC(C)C.CCC(C)C.CCC(C)C.CCC(C)C.CCCCCC[N+](C)(C)CC(O)COC(=O)C(C)(C)CC(CC)c1ccccc1.CCCCC[N+](C)(C)CC(O)COC(=O)C(C)(C)CC(CC)c1ccccc1.CCCC[N+](C)(C)CC(O)COC(=O)C(C)(C)CC(CC)c1ccccc1.CCC[N+](C)(C)CC(O)COC(=O)C(C)(C)CC(CC)c1ccccc1. The molecule has 16 nitrogen and oxygen atoms in total. The van der Waals surface area contributed by atoms with Crippen molar-refractivity contribution in [2.24, 2.45) is 45.3 Å². The summed E-state index contributed by atoms with van der Waals surface area (Å²) in [7, 11) is 16.9. The van der Waals surface area contributed by atoms with Gasteiger partial charge in [0.1, 0.15) is 77.0 Å². The summed E-state index contributed by atoms with van der Waals surface area (Å²) in [5, 5.41) is 41.3. The topological polar surface area (TPSA) is 186 Å². The fraction of sp³-hybridized carbons (Fsp3) is 0.754. The molecule has 4 aromatic carbocycles. The normalized spacial score (nSPS) is 13.8. The molecule has 0 aromatic heterocycles. The van der Waals surface area contributed by atoms with Crippen LogP contribution in [-0.4, -0.2) is 222 Å². The van der Waals surface area contributed by atoms with Crippen molar-refractivity contribution in [3.8, 4) is 0 Å². The monoisotopic (exact) mass is 1830 g/mol. The molecule has 8 atom stereocenters. The second kappa shape index (κ2) is 71.9. The van der Waals surface area contributed by atoms with E-state index in [4.69, 9.17) is 18.9 Å². The Morgan fingerprint density at radius 3 is 0.615 bits per heavy atom. The molecule has 756 valence electrons. The highest BCUT2D eigenvalue weighted by molar-refractivity contribution is 5.77. The molecule has 8 unspecified atom stereocenters. The second-order valence-corrected chi connectivity index (χ2v) is 44.1. The number of aliphatic hydroxyl groups excluding tert-OH is 4. The standard InChI is InChI=1S/C25H44NO3.C24H42NO3.C23H40NO3.C22H38NO3.4C5H12/c1-7-9-10-14-17-26(5,6)19-23(27)20-29-24(28)25(3,4)18-21(8-2)22-15-12-11-13-16-22;1-7-9-13-16-25(5,6)18-22(26)19-28-23(27)24(3,4)17-20(8-2)21-14-11-10-12-15-21;1-7-9-15-24(5,6)17-21(25)18-27-22(26)23(3,4)16-19(8-2)20-13-11-10-12-14-20;1-7-14-23(5,6)16-20(24)17-26-21(25)22(3,4)15-18(8-2)19-12-10-9-11-13-19;4*1-4-5(2)3/h11-13,15-16,21,23,27H,7-10,14,17-20H2,1-6H3;10-12,14-15,20,22,26H,7-9,13,16-19H2,1-6H3;10-14,19,21,25H,7-9,15-18H2,1-6H3;9-13,18,20,24H,7-8,14-17H2,1-6H3;4*5H,4H2,1-3H3/q4*+1;;;;. The van der Waals surface area contributed by atoms with E-state index in [1.165, 1.54) is 80.0 Å². The smallest absolute Gasteiger partial charge is 0.311 e. The zero-order valence-electron chi connectivity index (χ0n) is 91.4. The summed E-state index contributed by atoms with van der Waals surface area (Å²) in [4.78, 5) is 50.7. The molecule has 0 aliphatic carbocycles. The summed E-state index contributed by atoms with van der Waals surface area (Å²) >= 11 is 0. The Balaban J connectivity index is -0.000000757. The number of nitrogens with zero attached hydrogens (tertiary/aromatic N) is 4. The fourth-order valence-corrected chi connectivity index (χ4v) is 15.0. The molecule has 130 heavy (non-hydrogen) atoms. The van der Waals surface area contributed by atoms with Gasteiger partial charge in [-0.1, -0.05) is 311 Å². The maximum Gasteiger partial charge on any atom is 0.311 e. The zero-order chi connectivity index (χ0) is 101. The molecule has 4 rings (SSSR count). The van der Waals surface area contributed by atoms with Gasteiger partial charge >= 0.3 is 23.9 Å². The highest BCUT2D eigenvalue weighted by Crippen LogP contribution is 2.39. The van der Waals surface area contributed by atoms with Gasteiger partial charge in [-0.05, 0) is 215 Å². The number of ether oxygens (including phenoxy) is 4. The lowest BCUT2D eigenvalue weighted by atomic mass is 9.79. The van der Waals surface area contributed by atoms with Gasteiger partial charge in [0.05, 0.1) is 104 Å². The lowest BCUT2D eigenvalue weighted by molar-refractivity contribution is -0.893. The van der Waals surface area contributed by atoms with E-state index in [0.29, 0.717) is 49.9 Å². The Kier molecular flexibility index (Phi) is 72.3. The summed E-state index contributed by atoms with van der Waals surface area (Å²) < 4.78 is 25.0. The molecule has 0 bridgehead atoms. The van der Waals surface area contributed by atoms with E-state index in [1.54, 1.807) is 0 Å². The van der Waals surface area contributed by atoms with Crippen molar-refractivity contribution in [1.29, 1.82) is 0 Å². The summed E-state index contributed by atoms with van der Waals surface area (Å²) in [6.45, 7) is 66.1. The van der Waals surface area contributed by atoms with Crippen LogP contribution in [0.3, 0.4) is 0 Å². The quantitative estimate of drug-likeness (QED) is 0.0142. The highest BCUT2D eigenvalue weighted by Gasteiger charge is 2.38. The van der Waals surface area contributed by atoms with Crippen LogP contribution in [0.25, 0.3) is 0 Å². The van der Waals surface area contributed by atoms with Crippen molar-refractivity contribution in [3.05, 3.63) is 144 Å². The number of rotatable bonds is 54. The van der Waals surface area contributed by atoms with Crippen LogP contribution in [0, 0.1) is 45.3 Å². The second-order valence-electron chi connectivity index (χ2n) is 44.1. The van der Waals surface area contributed by atoms with Crippen molar-refractivity contribution < 1.29 is 76.5 Å². The van der Waals surface area contributed by atoms with Crippen molar-refractivity contribution in [2.45, 2.75) is 383 Å². The lowest BCUT2D eigenvalue weighted by Gasteiger charge is -2.32. The van der Waals surface area contributed by atoms with Gasteiger partial charge < -0.3 is 57.3 Å². The first kappa shape index (κ1) is 131. The van der Waals surface area contributed by atoms with Crippen LogP contribution in [0.4, 0.5) is 0 Å². The Labute approximate surface area is 803 Å². The number of quaternary nitrogens is 4. The molecule has 16 heteroatoms. The fourth-order valence-electron chi connectivity index (χ4n) is 15.0. The minimum Gasteiger partial charge on any atom is -0.462 e. The summed E-state index contributed by atoms with van der Waals surface area (Å²) in [5.41, 5.74) is 2.72. The number of unbranched alkanes of at least 4 members (excludes halogenated alkanes) is 6. The van der Waals surface area contributed by atoms with Gasteiger partial charge in [0.2, 0.25) is 0 Å². The maximum atomic E-state index is 12.7. The Morgan fingerprint density at radius 1 is 0.262 bits per heavy atom. The summed E-state index contributed by atoms with van der Waals surface area (Å²) in [6, 6.07) is 41.3. The van der Waals surface area contributed by atoms with Gasteiger partial charge in [-0.3, -0.25) is 19.2 Å². The van der Waals surface area contributed by atoms with Crippen LogP contribution >= 0.6 is 0 Å². The van der Waals surface area contributed by atoms with Gasteiger partial charge in [0, 0.05) is 0 Å². The average Bonchev–Trinajstić information content (AvgIpc) is 0.852. The third-order valence-corrected chi connectivity index (χ3v) is 24.9. The Hall–Kier alpha value is -5.56. The predicted octanol–water partition coefficient (Wildman–Crippen LogP) is 26.5. The van der Waals surface area contributed by atoms with Gasteiger partial charge in [-0.2, -0.15) is 0 Å². The third kappa shape index (κ3) is 66.8. The molecule has 4 aromatic rings. The number of hydrogen-bond acceptors (Lipinski definition) is 12. The van der Waals surface area contributed by atoms with Crippen LogP contribution < -0.4 is 0 Å². The van der Waals surface area contributed by atoms with Crippen LogP contribution in [0.2, 0.25) is 0 Å². The van der Waals surface area contributed by atoms with Gasteiger partial charge in [0.25, 0.3) is 0 Å². The van der Waals surface area contributed by atoms with Gasteiger partial charge in [0.15, 0.2) is 0 Å². The first-order valence-corrected chi connectivity index (χ1v) is 51.4. The molecule has 0 radical (unpaired) electrons. The van der Waals surface area contributed by atoms with Crippen molar-refractivity contribution in [3.63, 3.8) is 0 Å². The van der Waals surface area contributed by atoms with E-state index in [2.05, 4.69) is 243 Å². The molecule has 0 spiro atoms. The number of benzene rings is 4. The summed E-state index contributed by atoms with van der Waals surface area (Å²) in [6.07, 6.45) is 21.3. The average molecular weight is 1830 g/mol.